The molecule has 3 heterocycles. The third kappa shape index (κ3) is 3.70. The van der Waals surface area contributed by atoms with E-state index in [1.54, 1.807) is 17.2 Å². The maximum atomic E-state index is 12.8. The zero-order chi connectivity index (χ0) is 22.3. The maximum Gasteiger partial charge on any atom is 0.415 e. The highest BCUT2D eigenvalue weighted by Gasteiger charge is 2.48. The lowest BCUT2D eigenvalue weighted by Crippen LogP contribution is -2.40. The Morgan fingerprint density at radius 1 is 1.28 bits per heavy atom. The van der Waals surface area contributed by atoms with Crippen molar-refractivity contribution in [3.63, 3.8) is 0 Å². The summed E-state index contributed by atoms with van der Waals surface area (Å²) < 4.78 is 8.13. The van der Waals surface area contributed by atoms with E-state index in [4.69, 9.17) is 4.74 Å². The second-order valence-corrected chi connectivity index (χ2v) is 9.41. The van der Waals surface area contributed by atoms with E-state index in [0.29, 0.717) is 23.9 Å². The minimum absolute atomic E-state index is 0.281. The lowest BCUT2D eigenvalue weighted by atomic mass is 9.78. The van der Waals surface area contributed by atoms with Crippen molar-refractivity contribution in [1.82, 2.24) is 14.5 Å². The highest BCUT2D eigenvalue weighted by molar-refractivity contribution is 5.90. The molecule has 1 spiro atoms. The minimum atomic E-state index is -0.453. The smallest absolute Gasteiger partial charge is 0.415 e. The number of amides is 1. The van der Waals surface area contributed by atoms with E-state index in [-0.39, 0.29) is 6.09 Å². The molecule has 1 amide bonds. The SMILES string of the molecule is CC(C)c1ccc(N2CC3(CCCC(Cn4cnc5ccc(C#N)cc54)C3)OC2=O)cn1. The molecule has 1 saturated heterocycles. The Kier molecular flexibility index (Phi) is 5.09. The Morgan fingerprint density at radius 3 is 2.91 bits per heavy atom. The van der Waals surface area contributed by atoms with Gasteiger partial charge in [0.25, 0.3) is 0 Å². The van der Waals surface area contributed by atoms with Crippen LogP contribution in [-0.2, 0) is 11.3 Å². The molecule has 2 unspecified atom stereocenters. The van der Waals surface area contributed by atoms with Crippen molar-refractivity contribution in [2.24, 2.45) is 5.92 Å². The Labute approximate surface area is 187 Å². The molecule has 0 radical (unpaired) electrons. The number of ether oxygens (including phenoxy) is 1. The summed E-state index contributed by atoms with van der Waals surface area (Å²) in [7, 11) is 0. The number of imidazole rings is 1. The molecular weight excluding hydrogens is 402 g/mol. The standard InChI is InChI=1S/C25H27N5O2/c1-17(2)21-8-6-20(13-27-21)30-15-25(32-24(30)31)9-3-4-19(11-25)14-29-16-28-22-7-5-18(12-26)10-23(22)29/h5-8,10,13,16-17,19H,3-4,9,11,14-15H2,1-2H3. The average Bonchev–Trinajstić information content (AvgIpc) is 3.33. The first kappa shape index (κ1) is 20.5. The number of nitriles is 1. The van der Waals surface area contributed by atoms with Crippen LogP contribution < -0.4 is 4.90 Å². The molecule has 3 aromatic rings. The van der Waals surface area contributed by atoms with Crippen LogP contribution in [-0.4, -0.2) is 32.8 Å². The van der Waals surface area contributed by atoms with Crippen LogP contribution in [0.15, 0.2) is 42.9 Å². The quantitative estimate of drug-likeness (QED) is 0.582. The van der Waals surface area contributed by atoms with Crippen molar-refractivity contribution < 1.29 is 9.53 Å². The molecule has 164 valence electrons. The van der Waals surface area contributed by atoms with Gasteiger partial charge < -0.3 is 9.30 Å². The molecule has 1 aliphatic heterocycles. The first-order chi connectivity index (χ1) is 15.5. The fraction of sp³-hybridized carbons (Fsp3) is 0.440. The average molecular weight is 430 g/mol. The molecule has 1 aliphatic carbocycles. The van der Waals surface area contributed by atoms with Crippen molar-refractivity contribution in [2.45, 2.75) is 57.6 Å². The molecule has 5 rings (SSSR count). The van der Waals surface area contributed by atoms with Crippen LogP contribution in [0.2, 0.25) is 0 Å². The summed E-state index contributed by atoms with van der Waals surface area (Å²) in [6, 6.07) is 11.7. The third-order valence-electron chi connectivity index (χ3n) is 6.75. The number of carbonyl (C=O) groups is 1. The van der Waals surface area contributed by atoms with E-state index < -0.39 is 5.60 Å². The number of hydrogen-bond donors (Lipinski definition) is 0. The molecule has 1 aromatic carbocycles. The van der Waals surface area contributed by atoms with Crippen molar-refractivity contribution >= 4 is 22.8 Å². The van der Waals surface area contributed by atoms with Crippen molar-refractivity contribution in [2.75, 3.05) is 11.4 Å². The van der Waals surface area contributed by atoms with Crippen molar-refractivity contribution in [3.8, 4) is 6.07 Å². The van der Waals surface area contributed by atoms with Gasteiger partial charge in [0.1, 0.15) is 5.60 Å². The number of anilines is 1. The Bertz CT molecular complexity index is 1190. The van der Waals surface area contributed by atoms with Gasteiger partial charge in [0.05, 0.1) is 47.4 Å². The van der Waals surface area contributed by atoms with E-state index in [0.717, 1.165) is 54.6 Å². The summed E-state index contributed by atoms with van der Waals surface area (Å²) in [6.07, 6.45) is 7.16. The number of fused-ring (bicyclic) bond motifs is 1. The van der Waals surface area contributed by atoms with Gasteiger partial charge in [-0.25, -0.2) is 9.78 Å². The topological polar surface area (TPSA) is 84.0 Å². The largest absolute Gasteiger partial charge is 0.441 e. The van der Waals surface area contributed by atoms with Crippen LogP contribution in [0.4, 0.5) is 10.5 Å². The highest BCUT2D eigenvalue weighted by atomic mass is 16.6. The first-order valence-corrected chi connectivity index (χ1v) is 11.3. The van der Waals surface area contributed by atoms with Crippen LogP contribution in [0, 0.1) is 17.2 Å². The van der Waals surface area contributed by atoms with Crippen molar-refractivity contribution in [3.05, 3.63) is 54.1 Å². The van der Waals surface area contributed by atoms with E-state index in [1.807, 2.05) is 30.6 Å². The monoisotopic (exact) mass is 429 g/mol. The van der Waals surface area contributed by atoms with Gasteiger partial charge in [-0.05, 0) is 67.9 Å². The fourth-order valence-corrected chi connectivity index (χ4v) is 5.11. The minimum Gasteiger partial charge on any atom is -0.441 e. The van der Waals surface area contributed by atoms with Gasteiger partial charge in [-0.15, -0.1) is 0 Å². The molecule has 7 nitrogen and oxygen atoms in total. The highest BCUT2D eigenvalue weighted by Crippen LogP contribution is 2.42. The maximum absolute atomic E-state index is 12.8. The van der Waals surface area contributed by atoms with E-state index in [1.165, 1.54) is 0 Å². The van der Waals surface area contributed by atoms with E-state index >= 15 is 0 Å². The predicted octanol–water partition coefficient (Wildman–Crippen LogP) is 5.01. The molecule has 2 atom stereocenters. The molecule has 0 bridgehead atoms. The Hall–Kier alpha value is -3.40. The number of rotatable bonds is 4. The van der Waals surface area contributed by atoms with Crippen LogP contribution in [0.5, 0.6) is 0 Å². The van der Waals surface area contributed by atoms with Gasteiger partial charge in [0.2, 0.25) is 0 Å². The summed E-state index contributed by atoms with van der Waals surface area (Å²) in [6.45, 7) is 5.57. The van der Waals surface area contributed by atoms with Gasteiger partial charge in [-0.3, -0.25) is 9.88 Å². The fourth-order valence-electron chi connectivity index (χ4n) is 5.11. The van der Waals surface area contributed by atoms with Gasteiger partial charge in [0, 0.05) is 12.2 Å². The molecular formula is C25H27N5O2. The number of hydrogen-bond acceptors (Lipinski definition) is 5. The molecule has 2 fully saturated rings. The summed E-state index contributed by atoms with van der Waals surface area (Å²) in [5.74, 6) is 0.726. The van der Waals surface area contributed by atoms with Gasteiger partial charge in [0.15, 0.2) is 0 Å². The zero-order valence-corrected chi connectivity index (χ0v) is 18.5. The number of aromatic nitrogens is 3. The van der Waals surface area contributed by atoms with Crippen LogP contribution in [0.25, 0.3) is 11.0 Å². The lowest BCUT2D eigenvalue weighted by Gasteiger charge is -2.36. The van der Waals surface area contributed by atoms with Crippen LogP contribution >= 0.6 is 0 Å². The third-order valence-corrected chi connectivity index (χ3v) is 6.75. The number of nitrogens with zero attached hydrogens (tertiary/aromatic N) is 5. The summed E-state index contributed by atoms with van der Waals surface area (Å²) in [5.41, 5.74) is 3.86. The zero-order valence-electron chi connectivity index (χ0n) is 18.5. The second kappa shape index (κ2) is 7.94. The molecule has 7 heteroatoms. The molecule has 2 aromatic heterocycles. The van der Waals surface area contributed by atoms with Crippen molar-refractivity contribution in [1.29, 1.82) is 5.26 Å². The van der Waals surface area contributed by atoms with Crippen LogP contribution in [0.1, 0.15) is 56.7 Å². The summed E-state index contributed by atoms with van der Waals surface area (Å²) in [4.78, 5) is 23.5. The molecule has 2 aliphatic rings. The summed E-state index contributed by atoms with van der Waals surface area (Å²) in [5, 5.41) is 9.23. The number of pyridine rings is 1. The number of benzene rings is 1. The normalized spacial score (nSPS) is 23.1. The van der Waals surface area contributed by atoms with Crippen LogP contribution in [0.3, 0.4) is 0 Å². The molecule has 1 saturated carbocycles. The van der Waals surface area contributed by atoms with Gasteiger partial charge in [-0.2, -0.15) is 5.26 Å². The van der Waals surface area contributed by atoms with Gasteiger partial charge in [-0.1, -0.05) is 13.8 Å². The Balaban J connectivity index is 1.32. The lowest BCUT2D eigenvalue weighted by molar-refractivity contribution is 0.00439. The first-order valence-electron chi connectivity index (χ1n) is 11.3. The predicted molar refractivity (Wildman–Crippen MR) is 121 cm³/mol. The Morgan fingerprint density at radius 2 is 2.16 bits per heavy atom. The van der Waals surface area contributed by atoms with E-state index in [2.05, 4.69) is 34.5 Å². The van der Waals surface area contributed by atoms with Gasteiger partial charge >= 0.3 is 6.09 Å². The molecule has 0 N–H and O–H groups in total. The number of carbonyl (C=O) groups excluding carboxylic acids is 1. The second-order valence-electron chi connectivity index (χ2n) is 9.41. The van der Waals surface area contributed by atoms with E-state index in [9.17, 15) is 10.1 Å². The summed E-state index contributed by atoms with van der Waals surface area (Å²) >= 11 is 0. The molecule has 32 heavy (non-hydrogen) atoms.